The van der Waals surface area contributed by atoms with Crippen molar-refractivity contribution in [3.05, 3.63) is 12.2 Å². The van der Waals surface area contributed by atoms with Gasteiger partial charge >= 0.3 is 0 Å². The lowest BCUT2D eigenvalue weighted by atomic mass is 10.1. The van der Waals surface area contributed by atoms with Crippen LogP contribution in [0.1, 0.15) is 6.92 Å². The minimum atomic E-state index is -0.350. The van der Waals surface area contributed by atoms with E-state index in [9.17, 15) is 4.79 Å². The molecule has 0 heterocycles. The first kappa shape index (κ1) is 9.17. The average Bonchev–Trinajstić information content (AvgIpc) is 1.59. The van der Waals surface area contributed by atoms with Crippen LogP contribution in [0.5, 0.6) is 0 Å². The molecule has 3 nitrogen and oxygen atoms in total. The molecule has 2 N–H and O–H groups in total. The summed E-state index contributed by atoms with van der Waals surface area (Å²) in [7, 11) is 3.59. The van der Waals surface area contributed by atoms with Gasteiger partial charge in [-0.25, -0.2) is 0 Å². The van der Waals surface area contributed by atoms with E-state index in [1.165, 1.54) is 0 Å². The van der Waals surface area contributed by atoms with Crippen molar-refractivity contribution in [2.45, 2.75) is 13.0 Å². The molecule has 0 aliphatic rings. The minimum Gasteiger partial charge on any atom is -0.368 e. The van der Waals surface area contributed by atoms with E-state index >= 15 is 0 Å². The van der Waals surface area contributed by atoms with Gasteiger partial charge in [0.1, 0.15) is 6.04 Å². The Labute approximate surface area is 61.5 Å². The van der Waals surface area contributed by atoms with Crippen molar-refractivity contribution < 1.29 is 4.79 Å². The van der Waals surface area contributed by atoms with Crippen LogP contribution in [0.4, 0.5) is 0 Å². The van der Waals surface area contributed by atoms with Crippen LogP contribution in [0, 0.1) is 0 Å². The van der Waals surface area contributed by atoms with Crippen molar-refractivity contribution in [2.24, 2.45) is 5.73 Å². The number of amides is 1. The van der Waals surface area contributed by atoms with Crippen molar-refractivity contribution >= 4 is 5.91 Å². The number of nitrogens with zero attached hydrogens (tertiary/aromatic N) is 1. The van der Waals surface area contributed by atoms with E-state index in [1.54, 1.807) is 25.9 Å². The molecule has 0 aliphatic heterocycles. The zero-order valence-corrected chi connectivity index (χ0v) is 6.72. The van der Waals surface area contributed by atoms with Gasteiger partial charge in [0.25, 0.3) is 0 Å². The first-order valence-corrected chi connectivity index (χ1v) is 3.08. The molecule has 0 spiro atoms. The number of hydrogen-bond acceptors (Lipinski definition) is 2. The molecule has 10 heavy (non-hydrogen) atoms. The van der Waals surface area contributed by atoms with Gasteiger partial charge < -0.3 is 5.73 Å². The molecule has 0 aromatic heterocycles. The van der Waals surface area contributed by atoms with Gasteiger partial charge in [-0.1, -0.05) is 12.2 Å². The maximum atomic E-state index is 10.7. The SMILES string of the molecule is C=C(C)[C@@H](C(N)=O)N(C)C. The summed E-state index contributed by atoms with van der Waals surface area (Å²) in [6, 6.07) is -0.333. The van der Waals surface area contributed by atoms with Crippen molar-refractivity contribution in [2.75, 3.05) is 14.1 Å². The minimum absolute atomic E-state index is 0.333. The van der Waals surface area contributed by atoms with Gasteiger partial charge in [-0.05, 0) is 21.0 Å². The Kier molecular flexibility index (Phi) is 3.09. The largest absolute Gasteiger partial charge is 0.368 e. The van der Waals surface area contributed by atoms with Gasteiger partial charge in [0.05, 0.1) is 0 Å². The van der Waals surface area contributed by atoms with Gasteiger partial charge in [0.15, 0.2) is 0 Å². The van der Waals surface area contributed by atoms with E-state index in [-0.39, 0.29) is 11.9 Å². The fourth-order valence-corrected chi connectivity index (χ4v) is 0.938. The Balaban J connectivity index is 4.27. The van der Waals surface area contributed by atoms with Crippen LogP contribution in [0.25, 0.3) is 0 Å². The van der Waals surface area contributed by atoms with Crippen molar-refractivity contribution in [1.82, 2.24) is 4.90 Å². The third-order valence-electron chi connectivity index (χ3n) is 1.25. The third-order valence-corrected chi connectivity index (χ3v) is 1.25. The standard InChI is InChI=1S/C7H14N2O/c1-5(2)6(7(8)10)9(3)4/h6H,1H2,2-4H3,(H2,8,10)/t6-/m0/s1. The Bertz CT molecular complexity index is 138. The van der Waals surface area contributed by atoms with Crippen molar-refractivity contribution in [3.8, 4) is 0 Å². The van der Waals surface area contributed by atoms with Gasteiger partial charge in [-0.2, -0.15) is 0 Å². The smallest absolute Gasteiger partial charge is 0.238 e. The molecular weight excluding hydrogens is 128 g/mol. The summed E-state index contributed by atoms with van der Waals surface area (Å²) in [5.74, 6) is -0.350. The number of carbonyl (C=O) groups excluding carboxylic acids is 1. The average molecular weight is 142 g/mol. The highest BCUT2D eigenvalue weighted by molar-refractivity contribution is 5.82. The molecule has 3 heteroatoms. The topological polar surface area (TPSA) is 46.3 Å². The van der Waals surface area contributed by atoms with Crippen LogP contribution in [-0.2, 0) is 4.79 Å². The molecule has 0 bridgehead atoms. The molecule has 0 aliphatic carbocycles. The quantitative estimate of drug-likeness (QED) is 0.563. The Morgan fingerprint density at radius 1 is 1.60 bits per heavy atom. The van der Waals surface area contributed by atoms with Gasteiger partial charge in [0.2, 0.25) is 5.91 Å². The predicted octanol–water partition coefficient (Wildman–Crippen LogP) is -0.0220. The first-order valence-electron chi connectivity index (χ1n) is 3.08. The van der Waals surface area contributed by atoms with Crippen LogP contribution in [0.3, 0.4) is 0 Å². The lowest BCUT2D eigenvalue weighted by Gasteiger charge is -2.20. The number of primary amides is 1. The molecule has 0 fully saturated rings. The third kappa shape index (κ3) is 2.19. The van der Waals surface area contributed by atoms with E-state index in [2.05, 4.69) is 6.58 Å². The van der Waals surface area contributed by atoms with Gasteiger partial charge in [-0.3, -0.25) is 9.69 Å². The molecule has 0 unspecified atom stereocenters. The maximum Gasteiger partial charge on any atom is 0.238 e. The highest BCUT2D eigenvalue weighted by Crippen LogP contribution is 2.02. The summed E-state index contributed by atoms with van der Waals surface area (Å²) in [5, 5.41) is 0. The number of hydrogen-bond donors (Lipinski definition) is 1. The van der Waals surface area contributed by atoms with E-state index in [1.807, 2.05) is 0 Å². The summed E-state index contributed by atoms with van der Waals surface area (Å²) in [4.78, 5) is 12.4. The lowest BCUT2D eigenvalue weighted by Crippen LogP contribution is -2.40. The monoisotopic (exact) mass is 142 g/mol. The van der Waals surface area contributed by atoms with Crippen molar-refractivity contribution in [3.63, 3.8) is 0 Å². The second-order valence-corrected chi connectivity index (χ2v) is 2.61. The molecule has 1 amide bonds. The van der Waals surface area contributed by atoms with Crippen LogP contribution in [-0.4, -0.2) is 30.9 Å². The summed E-state index contributed by atoms with van der Waals surface area (Å²) in [5.41, 5.74) is 5.87. The fraction of sp³-hybridized carbons (Fsp3) is 0.571. The van der Waals surface area contributed by atoms with Crippen LogP contribution < -0.4 is 5.73 Å². The lowest BCUT2D eigenvalue weighted by molar-refractivity contribution is -0.121. The maximum absolute atomic E-state index is 10.7. The molecule has 0 aromatic carbocycles. The highest BCUT2D eigenvalue weighted by Gasteiger charge is 2.17. The molecular formula is C7H14N2O. The number of carbonyl (C=O) groups is 1. The normalized spacial score (nSPS) is 13.2. The summed E-state index contributed by atoms with van der Waals surface area (Å²) in [6.07, 6.45) is 0. The zero-order chi connectivity index (χ0) is 8.31. The molecule has 0 saturated carbocycles. The van der Waals surface area contributed by atoms with Crippen molar-refractivity contribution in [1.29, 1.82) is 0 Å². The molecule has 58 valence electrons. The predicted molar refractivity (Wildman–Crippen MR) is 41.5 cm³/mol. The molecule has 0 saturated heterocycles. The number of likely N-dealkylation sites (N-methyl/N-ethyl adjacent to an activating group) is 1. The second-order valence-electron chi connectivity index (χ2n) is 2.61. The fourth-order valence-electron chi connectivity index (χ4n) is 0.938. The summed E-state index contributed by atoms with van der Waals surface area (Å²) in [6.45, 7) is 5.44. The highest BCUT2D eigenvalue weighted by atomic mass is 16.1. The van der Waals surface area contributed by atoms with Gasteiger partial charge in [-0.15, -0.1) is 0 Å². The van der Waals surface area contributed by atoms with E-state index in [0.29, 0.717) is 0 Å². The van der Waals surface area contributed by atoms with E-state index < -0.39 is 0 Å². The van der Waals surface area contributed by atoms with Crippen LogP contribution in [0.15, 0.2) is 12.2 Å². The van der Waals surface area contributed by atoms with Gasteiger partial charge in [0, 0.05) is 0 Å². The van der Waals surface area contributed by atoms with Crippen LogP contribution in [0.2, 0.25) is 0 Å². The Morgan fingerprint density at radius 2 is 2.00 bits per heavy atom. The molecule has 0 rings (SSSR count). The number of nitrogens with two attached hydrogens (primary N) is 1. The number of rotatable bonds is 3. The van der Waals surface area contributed by atoms with E-state index in [0.717, 1.165) is 5.57 Å². The second kappa shape index (κ2) is 3.37. The zero-order valence-electron chi connectivity index (χ0n) is 6.72. The Morgan fingerprint density at radius 3 is 2.00 bits per heavy atom. The van der Waals surface area contributed by atoms with Crippen LogP contribution >= 0.6 is 0 Å². The summed E-state index contributed by atoms with van der Waals surface area (Å²) >= 11 is 0. The molecule has 1 atom stereocenters. The Hall–Kier alpha value is -0.830. The molecule has 0 aromatic rings. The first-order chi connectivity index (χ1) is 4.46. The van der Waals surface area contributed by atoms with E-state index in [4.69, 9.17) is 5.73 Å². The molecule has 0 radical (unpaired) electrons. The summed E-state index contributed by atoms with van der Waals surface area (Å²) < 4.78 is 0.